The van der Waals surface area contributed by atoms with Gasteiger partial charge < -0.3 is 20.3 Å². The minimum atomic E-state index is -0.884. The van der Waals surface area contributed by atoms with Gasteiger partial charge in [-0.1, -0.05) is 75.6 Å². The van der Waals surface area contributed by atoms with Crippen LogP contribution in [0.4, 0.5) is 10.5 Å². The summed E-state index contributed by atoms with van der Waals surface area (Å²) in [5, 5.41) is 5.94. The molecule has 2 rings (SSSR count). The third kappa shape index (κ3) is 9.10. The van der Waals surface area contributed by atoms with Crippen LogP contribution in [-0.2, 0) is 14.3 Å². The maximum absolute atomic E-state index is 14.3. The summed E-state index contributed by atoms with van der Waals surface area (Å²) in [5.74, 6) is -0.817. The number of alkyl carbamates (subject to hydrolysis) is 1. The molecule has 0 aliphatic carbocycles. The molecule has 0 fully saturated rings. The van der Waals surface area contributed by atoms with Crippen LogP contribution in [0.2, 0.25) is 0 Å². The van der Waals surface area contributed by atoms with Crippen molar-refractivity contribution in [2.45, 2.75) is 106 Å². The van der Waals surface area contributed by atoms with Crippen molar-refractivity contribution in [2.24, 2.45) is 5.92 Å². The third-order valence-electron chi connectivity index (χ3n) is 6.90. The van der Waals surface area contributed by atoms with E-state index < -0.39 is 23.8 Å². The van der Waals surface area contributed by atoms with E-state index in [9.17, 15) is 14.4 Å². The van der Waals surface area contributed by atoms with E-state index in [0.29, 0.717) is 6.54 Å². The van der Waals surface area contributed by atoms with E-state index >= 15 is 0 Å². The minimum absolute atomic E-state index is 0.227. The highest BCUT2D eigenvalue weighted by Crippen LogP contribution is 2.30. The van der Waals surface area contributed by atoms with Crippen LogP contribution in [0.3, 0.4) is 0 Å². The number of benzene rings is 2. The fourth-order valence-electron chi connectivity index (χ4n) is 4.81. The molecular formula is C33H49N3O4. The molecule has 3 amide bonds. The predicted molar refractivity (Wildman–Crippen MR) is 162 cm³/mol. The lowest BCUT2D eigenvalue weighted by Crippen LogP contribution is -2.54. The van der Waals surface area contributed by atoms with Crippen molar-refractivity contribution in [1.82, 2.24) is 10.2 Å². The topological polar surface area (TPSA) is 87.7 Å². The Morgan fingerprint density at radius 1 is 0.925 bits per heavy atom. The zero-order valence-corrected chi connectivity index (χ0v) is 26.1. The van der Waals surface area contributed by atoms with Gasteiger partial charge in [0, 0.05) is 12.2 Å². The van der Waals surface area contributed by atoms with Crippen LogP contribution >= 0.6 is 0 Å². The summed E-state index contributed by atoms with van der Waals surface area (Å²) >= 11 is 0. The molecule has 0 spiro atoms. The van der Waals surface area contributed by atoms with Crippen LogP contribution < -0.4 is 10.6 Å². The Balaban J connectivity index is 2.62. The maximum atomic E-state index is 14.3. The van der Waals surface area contributed by atoms with Gasteiger partial charge in [-0.3, -0.25) is 9.59 Å². The van der Waals surface area contributed by atoms with Crippen LogP contribution in [0, 0.1) is 33.6 Å². The Bertz CT molecular complexity index is 1160. The Labute approximate surface area is 241 Å². The van der Waals surface area contributed by atoms with E-state index in [-0.39, 0.29) is 17.7 Å². The Morgan fingerprint density at radius 2 is 1.55 bits per heavy atom. The van der Waals surface area contributed by atoms with E-state index in [2.05, 4.69) is 17.6 Å². The van der Waals surface area contributed by atoms with Gasteiger partial charge in [-0.25, -0.2) is 4.79 Å². The normalized spacial score (nSPS) is 13.0. The monoisotopic (exact) mass is 551 g/mol. The SMILES string of the molecule is CCCCCN(C(=O)C(NC(=O)OC(C)(C)C)C(C)C)C(C(=O)Nc1c(C)cccc1C)c1ccc(C)cc1C. The van der Waals surface area contributed by atoms with Gasteiger partial charge in [0.05, 0.1) is 0 Å². The van der Waals surface area contributed by atoms with Crippen molar-refractivity contribution in [3.63, 3.8) is 0 Å². The summed E-state index contributed by atoms with van der Waals surface area (Å²) in [6.07, 6.45) is 1.95. The highest BCUT2D eigenvalue weighted by Gasteiger charge is 2.38. The van der Waals surface area contributed by atoms with Crippen molar-refractivity contribution in [1.29, 1.82) is 0 Å². The van der Waals surface area contributed by atoms with Crippen LogP contribution in [0.25, 0.3) is 0 Å². The molecule has 0 aliphatic heterocycles. The maximum Gasteiger partial charge on any atom is 0.408 e. The molecule has 220 valence electrons. The van der Waals surface area contributed by atoms with Gasteiger partial charge >= 0.3 is 6.09 Å². The van der Waals surface area contributed by atoms with Crippen LogP contribution in [0.5, 0.6) is 0 Å². The number of aryl methyl sites for hydroxylation is 4. The molecule has 0 radical (unpaired) electrons. The number of hydrogen-bond acceptors (Lipinski definition) is 4. The standard InChI is InChI=1S/C33H49N3O4/c1-11-12-13-19-36(31(38)27(21(2)3)35-32(39)40-33(8,9)10)29(26-18-17-22(4)20-25(26)7)30(37)34-28-23(5)15-14-16-24(28)6/h14-18,20-21,27,29H,11-13,19H2,1-10H3,(H,34,37)(H,35,39). The van der Waals surface area contributed by atoms with Gasteiger partial charge in [-0.05, 0) is 83.1 Å². The van der Waals surface area contributed by atoms with E-state index in [0.717, 1.165) is 52.8 Å². The van der Waals surface area contributed by atoms with Crippen molar-refractivity contribution < 1.29 is 19.1 Å². The van der Waals surface area contributed by atoms with Crippen molar-refractivity contribution in [3.05, 3.63) is 64.2 Å². The number of carbonyl (C=O) groups is 3. The van der Waals surface area contributed by atoms with Gasteiger partial charge in [-0.15, -0.1) is 0 Å². The zero-order chi connectivity index (χ0) is 30.2. The van der Waals surface area contributed by atoms with E-state index in [4.69, 9.17) is 4.74 Å². The smallest absolute Gasteiger partial charge is 0.408 e. The number of ether oxygens (including phenoxy) is 1. The third-order valence-corrected chi connectivity index (χ3v) is 6.90. The number of rotatable bonds is 11. The quantitative estimate of drug-likeness (QED) is 0.290. The van der Waals surface area contributed by atoms with Gasteiger partial charge in [0.2, 0.25) is 5.91 Å². The minimum Gasteiger partial charge on any atom is -0.444 e. The number of nitrogens with one attached hydrogen (secondary N) is 2. The first-order chi connectivity index (χ1) is 18.7. The highest BCUT2D eigenvalue weighted by molar-refractivity contribution is 6.00. The lowest BCUT2D eigenvalue weighted by molar-refractivity contribution is -0.141. The molecule has 0 bridgehead atoms. The summed E-state index contributed by atoms with van der Waals surface area (Å²) in [6.45, 7) is 19.5. The fourth-order valence-corrected chi connectivity index (χ4v) is 4.81. The molecule has 2 unspecified atom stereocenters. The van der Waals surface area contributed by atoms with Crippen molar-refractivity contribution >= 4 is 23.6 Å². The summed E-state index contributed by atoms with van der Waals surface area (Å²) in [4.78, 5) is 43.0. The molecule has 0 saturated carbocycles. The molecule has 2 aromatic rings. The number of unbranched alkanes of at least 4 members (excludes halogenated alkanes) is 2. The van der Waals surface area contributed by atoms with E-state index in [1.54, 1.807) is 25.7 Å². The second kappa shape index (κ2) is 14.3. The number of hydrogen-bond donors (Lipinski definition) is 2. The van der Waals surface area contributed by atoms with E-state index in [1.807, 2.05) is 77.9 Å². The zero-order valence-electron chi connectivity index (χ0n) is 26.1. The predicted octanol–water partition coefficient (Wildman–Crippen LogP) is 7.17. The summed E-state index contributed by atoms with van der Waals surface area (Å²) in [5.41, 5.74) is 4.70. The second-order valence-corrected chi connectivity index (χ2v) is 12.1. The number of nitrogens with zero attached hydrogens (tertiary/aromatic N) is 1. The van der Waals surface area contributed by atoms with Gasteiger partial charge in [0.1, 0.15) is 17.7 Å². The molecule has 0 saturated heterocycles. The van der Waals surface area contributed by atoms with E-state index in [1.165, 1.54) is 0 Å². The molecule has 0 aromatic heterocycles. The van der Waals surface area contributed by atoms with Crippen LogP contribution in [0.1, 0.15) is 94.7 Å². The number of anilines is 1. The Morgan fingerprint density at radius 3 is 2.08 bits per heavy atom. The van der Waals surface area contributed by atoms with Crippen molar-refractivity contribution in [2.75, 3.05) is 11.9 Å². The fraction of sp³-hybridized carbons (Fsp3) is 0.545. The lowest BCUT2D eigenvalue weighted by atomic mass is 9.94. The molecule has 7 nitrogen and oxygen atoms in total. The van der Waals surface area contributed by atoms with Crippen LogP contribution in [-0.4, -0.2) is 41.0 Å². The van der Waals surface area contributed by atoms with Gasteiger partial charge in [0.25, 0.3) is 5.91 Å². The number of carbonyl (C=O) groups excluding carboxylic acids is 3. The van der Waals surface area contributed by atoms with Crippen LogP contribution in [0.15, 0.2) is 36.4 Å². The Kier molecular flexibility index (Phi) is 11.8. The average molecular weight is 552 g/mol. The number of para-hydroxylation sites is 1. The molecular weight excluding hydrogens is 502 g/mol. The molecule has 2 atom stereocenters. The summed E-state index contributed by atoms with van der Waals surface area (Å²) < 4.78 is 5.48. The molecule has 2 aromatic carbocycles. The van der Waals surface area contributed by atoms with Gasteiger partial charge in [0.15, 0.2) is 0 Å². The highest BCUT2D eigenvalue weighted by atomic mass is 16.6. The molecule has 2 N–H and O–H groups in total. The second-order valence-electron chi connectivity index (χ2n) is 12.1. The van der Waals surface area contributed by atoms with Gasteiger partial charge in [-0.2, -0.15) is 0 Å². The summed E-state index contributed by atoms with van der Waals surface area (Å²) in [6, 6.07) is 10.1. The summed E-state index contributed by atoms with van der Waals surface area (Å²) in [7, 11) is 0. The first-order valence-corrected chi connectivity index (χ1v) is 14.4. The average Bonchev–Trinajstić information content (AvgIpc) is 2.83. The molecule has 40 heavy (non-hydrogen) atoms. The number of amides is 3. The first kappa shape index (κ1) is 32.9. The lowest BCUT2D eigenvalue weighted by Gasteiger charge is -2.36. The Hall–Kier alpha value is -3.35. The molecule has 0 heterocycles. The first-order valence-electron chi connectivity index (χ1n) is 14.4. The largest absolute Gasteiger partial charge is 0.444 e. The van der Waals surface area contributed by atoms with Crippen molar-refractivity contribution in [3.8, 4) is 0 Å². The molecule has 7 heteroatoms. The molecule has 0 aliphatic rings.